The fourth-order valence-electron chi connectivity index (χ4n) is 3.82. The highest BCUT2D eigenvalue weighted by Crippen LogP contribution is 2.37. The number of nitrogens with one attached hydrogen (secondary N) is 1. The maximum Gasteiger partial charge on any atom is 0.240 e. The number of rotatable bonds is 3. The van der Waals surface area contributed by atoms with Crippen LogP contribution in [0.1, 0.15) is 38.2 Å². The summed E-state index contributed by atoms with van der Waals surface area (Å²) >= 11 is 0. The number of fused-ring (bicyclic) bond motifs is 1. The van der Waals surface area contributed by atoms with E-state index in [1.807, 2.05) is 6.92 Å². The minimum atomic E-state index is -3.53. The van der Waals surface area contributed by atoms with Gasteiger partial charge in [-0.25, -0.2) is 13.1 Å². The number of anilines is 1. The van der Waals surface area contributed by atoms with Crippen molar-refractivity contribution in [1.82, 2.24) is 4.72 Å². The van der Waals surface area contributed by atoms with Gasteiger partial charge in [-0.1, -0.05) is 18.9 Å². The fourth-order valence-corrected chi connectivity index (χ4v) is 4.57. The first-order valence-corrected chi connectivity index (χ1v) is 9.91. The number of nitrogens with two attached hydrogens (primary N) is 1. The van der Waals surface area contributed by atoms with Crippen molar-refractivity contribution in [3.05, 3.63) is 23.8 Å². The van der Waals surface area contributed by atoms with Gasteiger partial charge in [-0.2, -0.15) is 0 Å². The molecule has 1 saturated carbocycles. The number of nitrogens with zero attached hydrogens (tertiary/aromatic N) is 1. The van der Waals surface area contributed by atoms with Crippen LogP contribution in [0.4, 0.5) is 5.69 Å². The molecule has 140 valence electrons. The van der Waals surface area contributed by atoms with Crippen LogP contribution in [0.5, 0.6) is 0 Å². The molecule has 0 spiro atoms. The SMILES string of the molecule is CNS(=O)(=O)c1ccc2c(c1)N(C(=O)C1CCCCC1(C)N)CC2.Cl. The topological polar surface area (TPSA) is 92.5 Å². The van der Waals surface area contributed by atoms with Crippen LogP contribution in [0.25, 0.3) is 0 Å². The van der Waals surface area contributed by atoms with E-state index < -0.39 is 15.6 Å². The van der Waals surface area contributed by atoms with E-state index in [0.717, 1.165) is 37.7 Å². The second kappa shape index (κ2) is 7.23. The molecule has 25 heavy (non-hydrogen) atoms. The van der Waals surface area contributed by atoms with Crippen LogP contribution >= 0.6 is 12.4 Å². The Hall–Kier alpha value is -1.15. The quantitative estimate of drug-likeness (QED) is 0.827. The Bertz CT molecular complexity index is 764. The Morgan fingerprint density at radius 3 is 2.72 bits per heavy atom. The lowest BCUT2D eigenvalue weighted by Gasteiger charge is -2.39. The molecule has 2 unspecified atom stereocenters. The molecule has 1 aromatic carbocycles. The van der Waals surface area contributed by atoms with E-state index >= 15 is 0 Å². The minimum absolute atomic E-state index is 0. The summed E-state index contributed by atoms with van der Waals surface area (Å²) in [5.41, 5.74) is 7.60. The summed E-state index contributed by atoms with van der Waals surface area (Å²) in [6.45, 7) is 2.54. The van der Waals surface area contributed by atoms with Gasteiger partial charge in [-0.3, -0.25) is 4.79 Å². The molecule has 3 rings (SSSR count). The smallest absolute Gasteiger partial charge is 0.240 e. The average molecular weight is 388 g/mol. The monoisotopic (exact) mass is 387 g/mol. The maximum atomic E-state index is 13.1. The largest absolute Gasteiger partial charge is 0.325 e. The predicted octanol–water partition coefficient (Wildman–Crippen LogP) is 1.81. The molecule has 1 aliphatic heterocycles. The highest BCUT2D eigenvalue weighted by atomic mass is 35.5. The van der Waals surface area contributed by atoms with Gasteiger partial charge in [0.1, 0.15) is 0 Å². The van der Waals surface area contributed by atoms with Crippen molar-refractivity contribution < 1.29 is 13.2 Å². The number of sulfonamides is 1. The Labute approximate surface area is 155 Å². The van der Waals surface area contributed by atoms with Gasteiger partial charge in [0.05, 0.1) is 10.8 Å². The predicted molar refractivity (Wildman–Crippen MR) is 101 cm³/mol. The molecule has 0 aromatic heterocycles. The van der Waals surface area contributed by atoms with E-state index in [1.54, 1.807) is 23.1 Å². The molecule has 0 radical (unpaired) electrons. The van der Waals surface area contributed by atoms with Crippen molar-refractivity contribution in [3.8, 4) is 0 Å². The number of benzene rings is 1. The van der Waals surface area contributed by atoms with Gasteiger partial charge in [-0.15, -0.1) is 12.4 Å². The highest BCUT2D eigenvalue weighted by molar-refractivity contribution is 7.89. The van der Waals surface area contributed by atoms with E-state index in [2.05, 4.69) is 4.72 Å². The molecule has 3 N–H and O–H groups in total. The summed E-state index contributed by atoms with van der Waals surface area (Å²) in [5, 5.41) is 0. The minimum Gasteiger partial charge on any atom is -0.325 e. The van der Waals surface area contributed by atoms with Crippen molar-refractivity contribution in [2.45, 2.75) is 49.5 Å². The number of hydrogen-bond donors (Lipinski definition) is 2. The van der Waals surface area contributed by atoms with Crippen LogP contribution in [0.15, 0.2) is 23.1 Å². The first-order chi connectivity index (χ1) is 11.3. The summed E-state index contributed by atoms with van der Waals surface area (Å²) in [7, 11) is -2.15. The van der Waals surface area contributed by atoms with Gasteiger partial charge in [0.25, 0.3) is 0 Å². The summed E-state index contributed by atoms with van der Waals surface area (Å²) in [6.07, 6.45) is 4.45. The molecule has 0 bridgehead atoms. The average Bonchev–Trinajstić information content (AvgIpc) is 2.97. The van der Waals surface area contributed by atoms with Crippen LogP contribution < -0.4 is 15.4 Å². The zero-order chi connectivity index (χ0) is 17.5. The van der Waals surface area contributed by atoms with E-state index in [0.29, 0.717) is 12.2 Å². The third-order valence-corrected chi connectivity index (χ3v) is 6.76. The molecular formula is C17H26ClN3O3S. The summed E-state index contributed by atoms with van der Waals surface area (Å²) in [4.78, 5) is 15.0. The Kier molecular flexibility index (Phi) is 5.83. The zero-order valence-electron chi connectivity index (χ0n) is 14.6. The molecule has 8 heteroatoms. The third-order valence-electron chi connectivity index (χ3n) is 5.35. The first-order valence-electron chi connectivity index (χ1n) is 8.43. The lowest BCUT2D eigenvalue weighted by molar-refractivity contribution is -0.125. The maximum absolute atomic E-state index is 13.1. The van der Waals surface area contributed by atoms with Crippen molar-refractivity contribution >= 4 is 34.0 Å². The van der Waals surface area contributed by atoms with Gasteiger partial charge in [0, 0.05) is 17.8 Å². The number of amides is 1. The molecule has 2 aliphatic rings. The number of carbonyl (C=O) groups excluding carboxylic acids is 1. The van der Waals surface area contributed by atoms with Gasteiger partial charge in [0.2, 0.25) is 15.9 Å². The third kappa shape index (κ3) is 3.69. The van der Waals surface area contributed by atoms with Crippen molar-refractivity contribution in [3.63, 3.8) is 0 Å². The molecule has 2 atom stereocenters. The molecule has 6 nitrogen and oxygen atoms in total. The van der Waals surface area contributed by atoms with Crippen LogP contribution in [-0.4, -0.2) is 33.5 Å². The van der Waals surface area contributed by atoms with Gasteiger partial charge >= 0.3 is 0 Å². The van der Waals surface area contributed by atoms with Crippen molar-refractivity contribution in [2.75, 3.05) is 18.5 Å². The Morgan fingerprint density at radius 1 is 1.36 bits per heavy atom. The van der Waals surface area contributed by atoms with Gasteiger partial charge in [0.15, 0.2) is 0 Å². The molecule has 1 fully saturated rings. The Morgan fingerprint density at radius 2 is 2.08 bits per heavy atom. The molecule has 1 aromatic rings. The lowest BCUT2D eigenvalue weighted by atomic mass is 9.74. The van der Waals surface area contributed by atoms with E-state index in [9.17, 15) is 13.2 Å². The van der Waals surface area contributed by atoms with Crippen LogP contribution in [0, 0.1) is 5.92 Å². The van der Waals surface area contributed by atoms with Gasteiger partial charge in [-0.05, 0) is 50.9 Å². The number of carbonyl (C=O) groups is 1. The molecular weight excluding hydrogens is 362 g/mol. The van der Waals surface area contributed by atoms with E-state index in [4.69, 9.17) is 5.73 Å². The fraction of sp³-hybridized carbons (Fsp3) is 0.588. The second-order valence-electron chi connectivity index (χ2n) is 7.04. The standard InChI is InChI=1S/C17H25N3O3S.ClH/c1-17(18)9-4-3-5-14(17)16(21)20-10-8-12-6-7-13(11-15(12)20)24(22,23)19-2;/h6-7,11,14,19H,3-5,8-10,18H2,1-2H3;1H. The normalized spacial score (nSPS) is 26.0. The molecule has 1 aliphatic carbocycles. The second-order valence-corrected chi connectivity index (χ2v) is 8.93. The Balaban J connectivity index is 0.00000225. The van der Waals surface area contributed by atoms with Crippen molar-refractivity contribution in [2.24, 2.45) is 11.7 Å². The summed E-state index contributed by atoms with van der Waals surface area (Å²) in [5.74, 6) is -0.181. The van der Waals surface area contributed by atoms with Gasteiger partial charge < -0.3 is 10.6 Å². The summed E-state index contributed by atoms with van der Waals surface area (Å²) < 4.78 is 26.4. The van der Waals surface area contributed by atoms with Crippen molar-refractivity contribution in [1.29, 1.82) is 0 Å². The van der Waals surface area contributed by atoms with E-state index in [1.165, 1.54) is 7.05 Å². The van der Waals surface area contributed by atoms with Crippen LogP contribution in [-0.2, 0) is 21.2 Å². The lowest BCUT2D eigenvalue weighted by Crippen LogP contribution is -2.53. The first kappa shape index (κ1) is 20.2. The molecule has 0 saturated heterocycles. The zero-order valence-corrected chi connectivity index (χ0v) is 16.3. The summed E-state index contributed by atoms with van der Waals surface area (Å²) in [6, 6.07) is 4.99. The molecule has 1 heterocycles. The molecule has 1 amide bonds. The van der Waals surface area contributed by atoms with Crippen LogP contribution in [0.2, 0.25) is 0 Å². The van der Waals surface area contributed by atoms with E-state index in [-0.39, 0.29) is 29.1 Å². The highest BCUT2D eigenvalue weighted by Gasteiger charge is 2.41. The van der Waals surface area contributed by atoms with Crippen LogP contribution in [0.3, 0.4) is 0 Å². The number of hydrogen-bond acceptors (Lipinski definition) is 4. The number of halogens is 1.